The van der Waals surface area contributed by atoms with Crippen LogP contribution in [0.4, 0.5) is 9.59 Å². The van der Waals surface area contributed by atoms with E-state index in [2.05, 4.69) is 0 Å². The van der Waals surface area contributed by atoms with Crippen LogP contribution in [0.3, 0.4) is 0 Å². The van der Waals surface area contributed by atoms with Crippen LogP contribution in [-0.2, 0) is 52.2 Å². The number of ether oxygens (including phenoxy) is 6. The van der Waals surface area contributed by atoms with Gasteiger partial charge < -0.3 is 34.2 Å². The van der Waals surface area contributed by atoms with Crippen molar-refractivity contribution in [1.82, 2.24) is 0 Å². The number of carbonyl (C=O) groups is 4. The first kappa shape index (κ1) is 47.0. The molecule has 0 saturated carbocycles. The molecule has 55 heavy (non-hydrogen) atoms. The Hall–Kier alpha value is -4.12. The lowest BCUT2D eigenvalue weighted by Gasteiger charge is -2.26. The molecule has 0 fully saturated rings. The molecule has 2 N–H and O–H groups in total. The van der Waals surface area contributed by atoms with E-state index in [1.54, 1.807) is 67.5 Å². The monoisotopic (exact) mass is 769 g/mol. The van der Waals surface area contributed by atoms with Crippen LogP contribution in [0.1, 0.15) is 150 Å². The number of esters is 2. The Kier molecular flexibility index (Phi) is 16.0. The van der Waals surface area contributed by atoms with Crippen LogP contribution in [-0.4, -0.2) is 53.7 Å². The van der Waals surface area contributed by atoms with E-state index in [4.69, 9.17) is 34.2 Å². The first-order valence-electron chi connectivity index (χ1n) is 19.2. The van der Waals surface area contributed by atoms with E-state index >= 15 is 0 Å². The highest BCUT2D eigenvalue weighted by atomic mass is 16.7. The molecule has 308 valence electrons. The molecule has 11 heteroatoms. The van der Waals surface area contributed by atoms with Crippen molar-refractivity contribution in [2.45, 2.75) is 183 Å². The number of hydrogen-bond acceptors (Lipinski definition) is 11. The highest BCUT2D eigenvalue weighted by Crippen LogP contribution is 2.36. The third kappa shape index (κ3) is 16.3. The first-order chi connectivity index (χ1) is 24.9. The Morgan fingerprint density at radius 1 is 0.600 bits per heavy atom. The minimum Gasteiger partial charge on any atom is -0.463 e. The van der Waals surface area contributed by atoms with Gasteiger partial charge in [-0.3, -0.25) is 9.59 Å². The van der Waals surface area contributed by atoms with Crippen molar-refractivity contribution in [2.24, 2.45) is 5.73 Å². The lowest BCUT2D eigenvalue weighted by molar-refractivity contribution is -0.153. The Labute approximate surface area is 329 Å². The van der Waals surface area contributed by atoms with Crippen molar-refractivity contribution in [1.29, 1.82) is 0 Å². The van der Waals surface area contributed by atoms with Crippen LogP contribution < -0.4 is 15.2 Å². The maximum Gasteiger partial charge on any atom is 0.514 e. The number of nitrogens with two attached hydrogens (primary N) is 1. The maximum absolute atomic E-state index is 12.9. The zero-order chi connectivity index (χ0) is 42.3. The largest absolute Gasteiger partial charge is 0.514 e. The van der Waals surface area contributed by atoms with E-state index in [0.717, 1.165) is 33.4 Å². The van der Waals surface area contributed by atoms with Gasteiger partial charge in [0.2, 0.25) is 0 Å². The molecule has 0 aliphatic rings. The van der Waals surface area contributed by atoms with Gasteiger partial charge in [-0.1, -0.05) is 53.7 Å². The number of carbonyl (C=O) groups excluding carboxylic acids is 4. The molecular weight excluding hydrogens is 702 g/mol. The lowest BCUT2D eigenvalue weighted by atomic mass is 9.84. The average molecular weight is 770 g/mol. The Bertz CT molecular complexity index is 1670. The second-order valence-electron chi connectivity index (χ2n) is 18.6. The van der Waals surface area contributed by atoms with Crippen molar-refractivity contribution in [3.8, 4) is 11.5 Å². The van der Waals surface area contributed by atoms with Crippen LogP contribution in [0.5, 0.6) is 11.5 Å². The molecule has 0 amide bonds. The van der Waals surface area contributed by atoms with Crippen LogP contribution in [0.15, 0.2) is 24.3 Å². The van der Waals surface area contributed by atoms with Gasteiger partial charge in [0.05, 0.1) is 0 Å². The molecule has 0 heterocycles. The van der Waals surface area contributed by atoms with E-state index in [1.807, 2.05) is 67.5 Å². The normalized spacial score (nSPS) is 14.0. The van der Waals surface area contributed by atoms with Gasteiger partial charge in [-0.2, -0.15) is 0 Å². The Morgan fingerprint density at radius 2 is 0.964 bits per heavy atom. The van der Waals surface area contributed by atoms with E-state index in [1.165, 1.54) is 0 Å². The minimum atomic E-state index is -0.774. The molecule has 0 aromatic heterocycles. The van der Waals surface area contributed by atoms with E-state index < -0.39 is 47.7 Å². The van der Waals surface area contributed by atoms with Gasteiger partial charge in [-0.05, 0) is 127 Å². The van der Waals surface area contributed by atoms with Gasteiger partial charge in [0.1, 0.15) is 34.9 Å². The second kappa shape index (κ2) is 18.7. The highest BCUT2D eigenvalue weighted by molar-refractivity contribution is 5.71. The smallest absolute Gasteiger partial charge is 0.463 e. The van der Waals surface area contributed by atoms with Gasteiger partial charge in [0.25, 0.3) is 0 Å². The summed E-state index contributed by atoms with van der Waals surface area (Å²) >= 11 is 0. The summed E-state index contributed by atoms with van der Waals surface area (Å²) in [4.78, 5) is 50.7. The van der Waals surface area contributed by atoms with Crippen molar-refractivity contribution < 1.29 is 47.6 Å². The van der Waals surface area contributed by atoms with Crippen molar-refractivity contribution in [3.63, 3.8) is 0 Å². The summed E-state index contributed by atoms with van der Waals surface area (Å²) in [7, 11) is 0. The molecule has 0 saturated heterocycles. The highest BCUT2D eigenvalue weighted by Gasteiger charge is 2.28. The molecule has 2 aromatic rings. The molecular formula is C44H67NO10. The topological polar surface area (TPSA) is 150 Å². The summed E-state index contributed by atoms with van der Waals surface area (Å²) in [5, 5.41) is 0. The molecule has 2 aromatic carbocycles. The molecule has 3 unspecified atom stereocenters. The van der Waals surface area contributed by atoms with Crippen molar-refractivity contribution >= 4 is 24.2 Å². The van der Waals surface area contributed by atoms with Gasteiger partial charge in [0.15, 0.2) is 0 Å². The first-order valence-corrected chi connectivity index (χ1v) is 19.2. The molecule has 2 rings (SSSR count). The van der Waals surface area contributed by atoms with Crippen LogP contribution in [0.25, 0.3) is 0 Å². The molecule has 0 aliphatic carbocycles. The zero-order valence-electron chi connectivity index (χ0n) is 36.2. The predicted molar refractivity (Wildman–Crippen MR) is 214 cm³/mol. The minimum absolute atomic E-state index is 0.128. The molecule has 0 bridgehead atoms. The van der Waals surface area contributed by atoms with Gasteiger partial charge >= 0.3 is 24.2 Å². The number of rotatable bonds is 13. The summed E-state index contributed by atoms with van der Waals surface area (Å²) in [5.41, 5.74) is 9.59. The molecule has 11 nitrogen and oxygen atoms in total. The quantitative estimate of drug-likeness (QED) is 0.118. The summed E-state index contributed by atoms with van der Waals surface area (Å²) in [6.07, 6.45) is -1.22. The number of hydrogen-bond donors (Lipinski definition) is 1. The maximum atomic E-state index is 12.9. The van der Waals surface area contributed by atoms with E-state index in [-0.39, 0.29) is 29.6 Å². The summed E-state index contributed by atoms with van der Waals surface area (Å²) in [6.45, 7) is 30.1. The third-order valence-corrected chi connectivity index (χ3v) is 8.71. The van der Waals surface area contributed by atoms with Crippen LogP contribution in [0.2, 0.25) is 0 Å². The van der Waals surface area contributed by atoms with Crippen molar-refractivity contribution in [3.05, 3.63) is 57.6 Å². The second-order valence-corrected chi connectivity index (χ2v) is 18.6. The fraction of sp³-hybridized carbons (Fsp3) is 0.636. The summed E-state index contributed by atoms with van der Waals surface area (Å²) < 4.78 is 33.3. The standard InChI is InChI=1S/C44H67NO10/c1-26-21-35(52-39(48)54-43(11,12)13)32(41(5,6)7)24-30(26)17-19-37(46)50-28(3)23-34(45)29(4)51-38(47)20-18-31-25-33(42(8,9)10)36(22-27(31)2)53-40(49)55-44(14,15)16/h21-22,24-25,28-29,34H,17-20,23,45H2,1-16H3. The van der Waals surface area contributed by atoms with Crippen LogP contribution >= 0.6 is 0 Å². The molecule has 0 aliphatic heterocycles. The third-order valence-electron chi connectivity index (χ3n) is 8.71. The van der Waals surface area contributed by atoms with Crippen molar-refractivity contribution in [2.75, 3.05) is 0 Å². The summed E-state index contributed by atoms with van der Waals surface area (Å²) in [5.74, 6) is 0.0768. The molecule has 0 radical (unpaired) electrons. The number of aryl methyl sites for hydroxylation is 4. The van der Waals surface area contributed by atoms with Gasteiger partial charge in [-0.15, -0.1) is 0 Å². The SMILES string of the molecule is Cc1cc(OC(=O)OC(C)(C)C)c(C(C)(C)C)cc1CCC(=O)OC(C)CC(N)C(C)OC(=O)CCc1cc(C(C)(C)C)c(OC(=O)OC(C)(C)C)cc1C. The van der Waals surface area contributed by atoms with E-state index in [9.17, 15) is 19.2 Å². The fourth-order valence-electron chi connectivity index (χ4n) is 5.79. The molecule has 0 spiro atoms. The molecule has 3 atom stereocenters. The predicted octanol–water partition coefficient (Wildman–Crippen LogP) is 9.67. The number of benzene rings is 2. The zero-order valence-corrected chi connectivity index (χ0v) is 36.2. The summed E-state index contributed by atoms with van der Waals surface area (Å²) in [6, 6.07) is 6.99. The van der Waals surface area contributed by atoms with E-state index in [0.29, 0.717) is 30.8 Å². The van der Waals surface area contributed by atoms with Gasteiger partial charge in [0, 0.05) is 36.4 Å². The Morgan fingerprint density at radius 3 is 1.31 bits per heavy atom. The Balaban J connectivity index is 1.96. The van der Waals surface area contributed by atoms with Gasteiger partial charge in [-0.25, -0.2) is 9.59 Å². The van der Waals surface area contributed by atoms with Crippen LogP contribution in [0, 0.1) is 13.8 Å². The average Bonchev–Trinajstić information content (AvgIpc) is 2.96. The lowest BCUT2D eigenvalue weighted by Crippen LogP contribution is -2.39. The fourth-order valence-corrected chi connectivity index (χ4v) is 5.79.